The van der Waals surface area contributed by atoms with Crippen molar-refractivity contribution in [2.75, 3.05) is 6.54 Å². The molecule has 19 heavy (non-hydrogen) atoms. The van der Waals surface area contributed by atoms with Crippen molar-refractivity contribution in [3.63, 3.8) is 0 Å². The molecule has 1 atom stereocenters. The number of halogens is 2. The number of benzene rings is 1. The van der Waals surface area contributed by atoms with Gasteiger partial charge in [0.15, 0.2) is 0 Å². The van der Waals surface area contributed by atoms with E-state index in [1.165, 1.54) is 18.6 Å². The van der Waals surface area contributed by atoms with Crippen LogP contribution in [0.15, 0.2) is 22.7 Å². The summed E-state index contributed by atoms with van der Waals surface area (Å²) in [4.78, 5) is 4.35. The lowest BCUT2D eigenvalue weighted by atomic mass is 10.1. The molecular weight excluding hydrogens is 269 g/mol. The molecular formula is C13H13ClFN3O. The highest BCUT2D eigenvalue weighted by Gasteiger charge is 2.21. The summed E-state index contributed by atoms with van der Waals surface area (Å²) in [5.41, 5.74) is 0.650. The highest BCUT2D eigenvalue weighted by molar-refractivity contribution is 6.31. The Morgan fingerprint density at radius 1 is 1.37 bits per heavy atom. The molecule has 2 aromatic rings. The number of hydrogen-bond donors (Lipinski definition) is 1. The van der Waals surface area contributed by atoms with Crippen molar-refractivity contribution >= 4 is 11.6 Å². The Kier molecular flexibility index (Phi) is 3.48. The van der Waals surface area contributed by atoms with Crippen LogP contribution in [-0.2, 0) is 0 Å². The second-order valence-electron chi connectivity index (χ2n) is 4.59. The molecule has 1 saturated heterocycles. The lowest BCUT2D eigenvalue weighted by molar-refractivity contribution is 0.297. The Morgan fingerprint density at radius 3 is 3.00 bits per heavy atom. The van der Waals surface area contributed by atoms with Gasteiger partial charge >= 0.3 is 0 Å². The van der Waals surface area contributed by atoms with Crippen LogP contribution in [0.3, 0.4) is 0 Å². The van der Waals surface area contributed by atoms with Crippen molar-refractivity contribution in [2.24, 2.45) is 0 Å². The van der Waals surface area contributed by atoms with Gasteiger partial charge in [-0.05, 0) is 37.6 Å². The average molecular weight is 282 g/mol. The van der Waals surface area contributed by atoms with Gasteiger partial charge in [-0.25, -0.2) is 4.39 Å². The predicted molar refractivity (Wildman–Crippen MR) is 69.3 cm³/mol. The van der Waals surface area contributed by atoms with Gasteiger partial charge in [-0.3, -0.25) is 0 Å². The van der Waals surface area contributed by atoms with E-state index < -0.39 is 5.82 Å². The molecule has 0 bridgehead atoms. The van der Waals surface area contributed by atoms with Crippen molar-refractivity contribution in [1.29, 1.82) is 0 Å². The van der Waals surface area contributed by atoms with Crippen LogP contribution in [0.25, 0.3) is 11.4 Å². The number of hydrogen-bond acceptors (Lipinski definition) is 4. The van der Waals surface area contributed by atoms with Gasteiger partial charge in [0.2, 0.25) is 11.7 Å². The maximum absolute atomic E-state index is 13.1. The summed E-state index contributed by atoms with van der Waals surface area (Å²) < 4.78 is 18.4. The fraction of sp³-hybridized carbons (Fsp3) is 0.385. The Hall–Kier alpha value is -1.46. The maximum atomic E-state index is 13.1. The fourth-order valence-electron chi connectivity index (χ4n) is 2.19. The smallest absolute Gasteiger partial charge is 0.244 e. The van der Waals surface area contributed by atoms with Crippen molar-refractivity contribution in [2.45, 2.75) is 25.3 Å². The molecule has 1 fully saturated rings. The molecule has 1 aliphatic rings. The van der Waals surface area contributed by atoms with E-state index in [0.29, 0.717) is 17.3 Å². The van der Waals surface area contributed by atoms with Crippen molar-refractivity contribution < 1.29 is 8.91 Å². The van der Waals surface area contributed by atoms with Crippen LogP contribution >= 0.6 is 11.6 Å². The molecule has 0 aliphatic carbocycles. The molecule has 1 aromatic heterocycles. The molecule has 4 nitrogen and oxygen atoms in total. The Balaban J connectivity index is 1.85. The quantitative estimate of drug-likeness (QED) is 0.917. The molecule has 100 valence electrons. The van der Waals surface area contributed by atoms with Crippen molar-refractivity contribution in [1.82, 2.24) is 15.5 Å². The van der Waals surface area contributed by atoms with E-state index in [9.17, 15) is 4.39 Å². The third kappa shape index (κ3) is 2.62. The lowest BCUT2D eigenvalue weighted by Gasteiger charge is -2.19. The zero-order valence-electron chi connectivity index (χ0n) is 10.2. The second-order valence-corrected chi connectivity index (χ2v) is 4.99. The summed E-state index contributed by atoms with van der Waals surface area (Å²) in [6, 6.07) is 4.50. The van der Waals surface area contributed by atoms with E-state index in [-0.39, 0.29) is 11.1 Å². The minimum atomic E-state index is -0.455. The molecule has 0 radical (unpaired) electrons. The van der Waals surface area contributed by atoms with Gasteiger partial charge in [-0.2, -0.15) is 4.98 Å². The van der Waals surface area contributed by atoms with Crippen LogP contribution in [-0.4, -0.2) is 16.7 Å². The number of piperidine rings is 1. The molecule has 0 amide bonds. The van der Waals surface area contributed by atoms with Crippen LogP contribution in [0, 0.1) is 5.82 Å². The van der Waals surface area contributed by atoms with E-state index >= 15 is 0 Å². The summed E-state index contributed by atoms with van der Waals surface area (Å²) in [5, 5.41) is 7.32. The van der Waals surface area contributed by atoms with Gasteiger partial charge in [-0.1, -0.05) is 23.2 Å². The van der Waals surface area contributed by atoms with E-state index in [1.807, 2.05) is 0 Å². The Bertz CT molecular complexity index is 581. The second kappa shape index (κ2) is 5.27. The predicted octanol–water partition coefficient (Wildman–Crippen LogP) is 3.34. The zero-order chi connectivity index (χ0) is 13.2. The zero-order valence-corrected chi connectivity index (χ0v) is 11.0. The highest BCUT2D eigenvalue weighted by atomic mass is 35.5. The minimum Gasteiger partial charge on any atom is -0.337 e. The summed E-state index contributed by atoms with van der Waals surface area (Å²) >= 11 is 5.75. The van der Waals surface area contributed by atoms with Gasteiger partial charge in [0.05, 0.1) is 11.1 Å². The molecule has 6 heteroatoms. The maximum Gasteiger partial charge on any atom is 0.244 e. The number of aromatic nitrogens is 2. The van der Waals surface area contributed by atoms with Crippen LogP contribution in [0.1, 0.15) is 31.2 Å². The van der Waals surface area contributed by atoms with Gasteiger partial charge in [0.25, 0.3) is 0 Å². The van der Waals surface area contributed by atoms with Gasteiger partial charge in [0.1, 0.15) is 5.82 Å². The third-order valence-electron chi connectivity index (χ3n) is 3.23. The normalized spacial score (nSPS) is 19.6. The van der Waals surface area contributed by atoms with Crippen LogP contribution < -0.4 is 5.32 Å². The monoisotopic (exact) mass is 281 g/mol. The van der Waals surface area contributed by atoms with E-state index in [4.69, 9.17) is 16.1 Å². The molecule has 1 N–H and O–H groups in total. The first-order valence-electron chi connectivity index (χ1n) is 6.26. The highest BCUT2D eigenvalue weighted by Crippen LogP contribution is 2.26. The summed E-state index contributed by atoms with van der Waals surface area (Å²) in [6.07, 6.45) is 3.31. The Labute approximate surface area is 115 Å². The summed E-state index contributed by atoms with van der Waals surface area (Å²) in [6.45, 7) is 0.963. The topological polar surface area (TPSA) is 51.0 Å². The molecule has 1 aromatic carbocycles. The largest absolute Gasteiger partial charge is 0.337 e. The molecule has 0 unspecified atom stereocenters. The summed E-state index contributed by atoms with van der Waals surface area (Å²) in [5.74, 6) is 0.558. The number of nitrogens with one attached hydrogen (secondary N) is 1. The fourth-order valence-corrected chi connectivity index (χ4v) is 2.37. The first-order chi connectivity index (χ1) is 9.24. The van der Waals surface area contributed by atoms with Gasteiger partial charge in [-0.15, -0.1) is 0 Å². The molecule has 3 rings (SSSR count). The molecule has 0 saturated carbocycles. The first-order valence-corrected chi connectivity index (χ1v) is 6.64. The van der Waals surface area contributed by atoms with Crippen LogP contribution in [0.2, 0.25) is 5.02 Å². The molecule has 2 heterocycles. The van der Waals surface area contributed by atoms with Crippen molar-refractivity contribution in [3.05, 3.63) is 34.9 Å². The average Bonchev–Trinajstić information content (AvgIpc) is 2.93. The standard InChI is InChI=1S/C13H13ClFN3O/c14-9-7-8(4-5-10(9)15)12-17-13(19-18-12)11-3-1-2-6-16-11/h4-5,7,11,16H,1-3,6H2/t11-/m1/s1. The van der Waals surface area contributed by atoms with Crippen LogP contribution in [0.4, 0.5) is 4.39 Å². The minimum absolute atomic E-state index is 0.0552. The van der Waals surface area contributed by atoms with E-state index in [1.54, 1.807) is 6.07 Å². The molecule has 1 aliphatic heterocycles. The first kappa shape index (κ1) is 12.6. The lowest BCUT2D eigenvalue weighted by Crippen LogP contribution is -2.26. The summed E-state index contributed by atoms with van der Waals surface area (Å²) in [7, 11) is 0. The van der Waals surface area contributed by atoms with E-state index in [0.717, 1.165) is 19.4 Å². The van der Waals surface area contributed by atoms with Crippen LogP contribution in [0.5, 0.6) is 0 Å². The van der Waals surface area contributed by atoms with Gasteiger partial charge in [0, 0.05) is 5.56 Å². The van der Waals surface area contributed by atoms with Crippen molar-refractivity contribution in [3.8, 4) is 11.4 Å². The molecule has 0 spiro atoms. The van der Waals surface area contributed by atoms with Gasteiger partial charge < -0.3 is 9.84 Å². The number of nitrogens with zero attached hydrogens (tertiary/aromatic N) is 2. The Morgan fingerprint density at radius 2 is 2.26 bits per heavy atom. The number of rotatable bonds is 2. The third-order valence-corrected chi connectivity index (χ3v) is 3.52. The SMILES string of the molecule is Fc1ccc(-c2noc([C@H]3CCCCN3)n2)cc1Cl. The van der Waals surface area contributed by atoms with E-state index in [2.05, 4.69) is 15.5 Å².